The maximum absolute atomic E-state index is 13.6. The molecule has 0 saturated carbocycles. The average molecular weight is 517 g/mol. The van der Waals surface area contributed by atoms with Crippen molar-refractivity contribution in [2.75, 3.05) is 33.8 Å². The molecule has 1 heterocycles. The number of carbonyl (C=O) groups excluding carboxylic acids is 2. The molecule has 0 fully saturated rings. The fraction of sp³-hybridized carbons (Fsp3) is 0.172. The van der Waals surface area contributed by atoms with Crippen molar-refractivity contribution in [3.63, 3.8) is 0 Å². The molecule has 37 heavy (non-hydrogen) atoms. The zero-order chi connectivity index (χ0) is 26.4. The van der Waals surface area contributed by atoms with Crippen molar-refractivity contribution in [1.82, 2.24) is 10.2 Å². The molecule has 1 aromatic heterocycles. The van der Waals surface area contributed by atoms with E-state index in [4.69, 9.17) is 4.74 Å². The molecule has 190 valence electrons. The maximum Gasteiger partial charge on any atom is 0.245 e. The summed E-state index contributed by atoms with van der Waals surface area (Å²) in [5.41, 5.74) is 1.90. The number of benzene rings is 3. The van der Waals surface area contributed by atoms with Crippen LogP contribution >= 0.6 is 11.3 Å². The van der Waals surface area contributed by atoms with Gasteiger partial charge < -0.3 is 25.2 Å². The zero-order valence-electron chi connectivity index (χ0n) is 20.6. The third-order valence-corrected chi connectivity index (χ3v) is 6.86. The van der Waals surface area contributed by atoms with Crippen molar-refractivity contribution in [2.24, 2.45) is 0 Å². The Labute approximate surface area is 219 Å². The van der Waals surface area contributed by atoms with Gasteiger partial charge in [0.15, 0.2) is 5.78 Å². The second-order valence-electron chi connectivity index (χ2n) is 8.57. The van der Waals surface area contributed by atoms with Crippen LogP contribution in [0.3, 0.4) is 0 Å². The summed E-state index contributed by atoms with van der Waals surface area (Å²) >= 11 is 1.43. The second-order valence-corrected chi connectivity index (χ2v) is 9.63. The Morgan fingerprint density at radius 2 is 1.68 bits per heavy atom. The van der Waals surface area contributed by atoms with Crippen molar-refractivity contribution < 1.29 is 24.5 Å². The van der Waals surface area contributed by atoms with Gasteiger partial charge in [0.25, 0.3) is 0 Å². The molecule has 7 nitrogen and oxygen atoms in total. The summed E-state index contributed by atoms with van der Waals surface area (Å²) in [6, 6.07) is 18.7. The lowest BCUT2D eigenvalue weighted by Crippen LogP contribution is -2.22. The van der Waals surface area contributed by atoms with Crippen LogP contribution in [0.4, 0.5) is 0 Å². The number of nitrogens with one attached hydrogen (secondary N) is 1. The molecule has 4 aromatic rings. The molecular formula is C29H28N2O5S. The molecule has 1 amide bonds. The highest BCUT2D eigenvalue weighted by Crippen LogP contribution is 2.41. The van der Waals surface area contributed by atoms with Gasteiger partial charge in [0.2, 0.25) is 5.91 Å². The Morgan fingerprint density at radius 3 is 2.38 bits per heavy atom. The number of hydrogen-bond donors (Lipinski definition) is 3. The number of nitrogens with zero attached hydrogens (tertiary/aromatic N) is 1. The molecule has 0 aliphatic carbocycles. The van der Waals surface area contributed by atoms with E-state index in [9.17, 15) is 19.8 Å². The predicted octanol–water partition coefficient (Wildman–Crippen LogP) is 4.82. The molecule has 0 saturated heterocycles. The standard InChI is InChI=1S/C29H28N2O5S/c1-31(2)26(34)4-3-15-30-16-17-36-23-12-7-19(8-13-23)28(35)27-24-14-11-22(33)18-25(24)37-29(27)20-5-9-21(32)10-6-20/h3-14,18,30,32-33H,15-17H2,1-2H3/b4-3+. The van der Waals surface area contributed by atoms with E-state index >= 15 is 0 Å². The number of likely N-dealkylation sites (N-methyl/N-ethyl adjacent to an activating group) is 1. The van der Waals surface area contributed by atoms with E-state index in [1.54, 1.807) is 86.9 Å². The highest BCUT2D eigenvalue weighted by molar-refractivity contribution is 7.22. The van der Waals surface area contributed by atoms with Crippen LogP contribution in [0.15, 0.2) is 78.9 Å². The van der Waals surface area contributed by atoms with Crippen LogP contribution in [0.2, 0.25) is 0 Å². The van der Waals surface area contributed by atoms with Crippen molar-refractivity contribution in [3.05, 3.63) is 90.0 Å². The summed E-state index contributed by atoms with van der Waals surface area (Å²) in [6.45, 7) is 1.60. The minimum absolute atomic E-state index is 0.0588. The first kappa shape index (κ1) is 25.9. The van der Waals surface area contributed by atoms with Gasteiger partial charge in [-0.1, -0.05) is 6.08 Å². The van der Waals surface area contributed by atoms with Gasteiger partial charge in [-0.25, -0.2) is 0 Å². The fourth-order valence-corrected chi connectivity index (χ4v) is 4.95. The van der Waals surface area contributed by atoms with Gasteiger partial charge in [-0.05, 0) is 72.3 Å². The number of thiophene rings is 1. The predicted molar refractivity (Wildman–Crippen MR) is 147 cm³/mol. The first-order valence-electron chi connectivity index (χ1n) is 11.7. The van der Waals surface area contributed by atoms with Gasteiger partial charge >= 0.3 is 0 Å². The molecule has 0 atom stereocenters. The Kier molecular flexibility index (Phi) is 8.22. The molecule has 0 aliphatic heterocycles. The number of hydrogen-bond acceptors (Lipinski definition) is 7. The average Bonchev–Trinajstić information content (AvgIpc) is 3.26. The van der Waals surface area contributed by atoms with Crippen LogP contribution in [-0.2, 0) is 4.79 Å². The molecule has 0 radical (unpaired) electrons. The highest BCUT2D eigenvalue weighted by atomic mass is 32.1. The molecule has 3 N–H and O–H groups in total. The quantitative estimate of drug-likeness (QED) is 0.159. The van der Waals surface area contributed by atoms with E-state index in [1.807, 2.05) is 0 Å². The van der Waals surface area contributed by atoms with E-state index in [0.717, 1.165) is 20.5 Å². The molecule has 3 aromatic carbocycles. The first-order valence-corrected chi connectivity index (χ1v) is 12.6. The van der Waals surface area contributed by atoms with Crippen molar-refractivity contribution in [3.8, 4) is 27.7 Å². The van der Waals surface area contributed by atoms with E-state index < -0.39 is 0 Å². The summed E-state index contributed by atoms with van der Waals surface area (Å²) in [6.07, 6.45) is 3.29. The lowest BCUT2D eigenvalue weighted by molar-refractivity contribution is -0.123. The molecule has 0 spiro atoms. The number of ketones is 1. The van der Waals surface area contributed by atoms with Crippen LogP contribution in [0.1, 0.15) is 15.9 Å². The van der Waals surface area contributed by atoms with Gasteiger partial charge in [0, 0.05) is 59.4 Å². The molecule has 4 rings (SSSR count). The number of ether oxygens (including phenoxy) is 1. The van der Waals surface area contributed by atoms with Gasteiger partial charge in [-0.15, -0.1) is 11.3 Å². The van der Waals surface area contributed by atoms with Crippen molar-refractivity contribution >= 4 is 33.1 Å². The minimum atomic E-state index is -0.132. The summed E-state index contributed by atoms with van der Waals surface area (Å²) in [5.74, 6) is 0.746. The smallest absolute Gasteiger partial charge is 0.245 e. The fourth-order valence-electron chi connectivity index (χ4n) is 3.71. The van der Waals surface area contributed by atoms with E-state index in [0.29, 0.717) is 36.6 Å². The number of fused-ring (bicyclic) bond motifs is 1. The summed E-state index contributed by atoms with van der Waals surface area (Å²) in [4.78, 5) is 27.4. The van der Waals surface area contributed by atoms with Crippen LogP contribution in [0, 0.1) is 0 Å². The Balaban J connectivity index is 1.45. The van der Waals surface area contributed by atoms with Crippen molar-refractivity contribution in [1.29, 1.82) is 0 Å². The maximum atomic E-state index is 13.6. The monoisotopic (exact) mass is 516 g/mol. The third kappa shape index (κ3) is 6.35. The lowest BCUT2D eigenvalue weighted by atomic mass is 9.97. The molecule has 0 unspecified atom stereocenters. The second kappa shape index (κ2) is 11.7. The summed E-state index contributed by atoms with van der Waals surface area (Å²) in [7, 11) is 3.41. The Bertz CT molecular complexity index is 1420. The third-order valence-electron chi connectivity index (χ3n) is 5.66. The number of phenolic OH excluding ortho intramolecular Hbond substituents is 2. The highest BCUT2D eigenvalue weighted by Gasteiger charge is 2.22. The Morgan fingerprint density at radius 1 is 0.973 bits per heavy atom. The van der Waals surface area contributed by atoms with Gasteiger partial charge in [-0.2, -0.15) is 0 Å². The normalized spacial score (nSPS) is 11.2. The van der Waals surface area contributed by atoms with E-state index in [2.05, 4.69) is 5.32 Å². The number of rotatable bonds is 10. The van der Waals surface area contributed by atoms with Crippen molar-refractivity contribution in [2.45, 2.75) is 0 Å². The molecular weight excluding hydrogens is 488 g/mol. The number of amides is 1. The van der Waals surface area contributed by atoms with Crippen LogP contribution < -0.4 is 10.1 Å². The largest absolute Gasteiger partial charge is 0.508 e. The van der Waals surface area contributed by atoms with Gasteiger partial charge in [-0.3, -0.25) is 9.59 Å². The molecule has 8 heteroatoms. The summed E-state index contributed by atoms with van der Waals surface area (Å²) < 4.78 is 6.57. The minimum Gasteiger partial charge on any atom is -0.508 e. The zero-order valence-corrected chi connectivity index (χ0v) is 21.4. The number of aromatic hydroxyl groups is 2. The topological polar surface area (TPSA) is 99.1 Å². The van der Waals surface area contributed by atoms with Crippen LogP contribution in [0.5, 0.6) is 17.2 Å². The lowest BCUT2D eigenvalue weighted by Gasteiger charge is -2.09. The van der Waals surface area contributed by atoms with Gasteiger partial charge in [0.1, 0.15) is 23.9 Å². The first-order chi connectivity index (χ1) is 17.8. The Hall–Kier alpha value is -4.14. The number of phenols is 2. The molecule has 0 aliphatic rings. The SMILES string of the molecule is CN(C)C(=O)/C=C/CNCCOc1ccc(C(=O)c2c(-c3ccc(O)cc3)sc3cc(O)ccc23)cc1. The van der Waals surface area contributed by atoms with Crippen LogP contribution in [-0.4, -0.2) is 60.6 Å². The van der Waals surface area contributed by atoms with E-state index in [1.165, 1.54) is 22.3 Å². The van der Waals surface area contributed by atoms with Gasteiger partial charge in [0.05, 0.1) is 0 Å². The number of carbonyl (C=O) groups is 2. The summed E-state index contributed by atoms with van der Waals surface area (Å²) in [5, 5.41) is 23.6. The van der Waals surface area contributed by atoms with Crippen LogP contribution in [0.25, 0.3) is 20.5 Å². The van der Waals surface area contributed by atoms with E-state index in [-0.39, 0.29) is 23.2 Å². The molecule has 0 bridgehead atoms.